The number of aryl methyl sites for hydroxylation is 1. The first-order chi connectivity index (χ1) is 8.17. The third-order valence-corrected chi connectivity index (χ3v) is 2.39. The SMILES string of the molecule is CCCc1cc(C(=O)O)nc2c(C#N)cnn12. The van der Waals surface area contributed by atoms with Gasteiger partial charge in [-0.1, -0.05) is 13.3 Å². The van der Waals surface area contributed by atoms with E-state index in [9.17, 15) is 4.79 Å². The Morgan fingerprint density at radius 3 is 3.00 bits per heavy atom. The van der Waals surface area contributed by atoms with E-state index < -0.39 is 5.97 Å². The average molecular weight is 230 g/mol. The quantitative estimate of drug-likeness (QED) is 0.856. The maximum absolute atomic E-state index is 10.9. The van der Waals surface area contributed by atoms with Crippen molar-refractivity contribution in [1.29, 1.82) is 5.26 Å². The summed E-state index contributed by atoms with van der Waals surface area (Å²) in [5.74, 6) is -1.10. The van der Waals surface area contributed by atoms with Crippen LogP contribution in [0.2, 0.25) is 0 Å². The third kappa shape index (κ3) is 1.83. The Kier molecular flexibility index (Phi) is 2.75. The molecule has 2 aromatic rings. The smallest absolute Gasteiger partial charge is 0.354 e. The number of nitriles is 1. The summed E-state index contributed by atoms with van der Waals surface area (Å²) in [5.41, 5.74) is 1.27. The lowest BCUT2D eigenvalue weighted by atomic mass is 10.2. The van der Waals surface area contributed by atoms with Gasteiger partial charge in [-0.05, 0) is 12.5 Å². The molecule has 0 aliphatic heterocycles. The van der Waals surface area contributed by atoms with Crippen LogP contribution in [0, 0.1) is 11.3 Å². The molecule has 0 saturated heterocycles. The zero-order chi connectivity index (χ0) is 12.4. The number of carbonyl (C=O) groups is 1. The number of fused-ring (bicyclic) bond motifs is 1. The van der Waals surface area contributed by atoms with Gasteiger partial charge in [-0.2, -0.15) is 10.4 Å². The van der Waals surface area contributed by atoms with Gasteiger partial charge in [0.05, 0.1) is 6.20 Å². The van der Waals surface area contributed by atoms with Gasteiger partial charge in [0, 0.05) is 5.69 Å². The van der Waals surface area contributed by atoms with Crippen molar-refractivity contribution < 1.29 is 9.90 Å². The lowest BCUT2D eigenvalue weighted by molar-refractivity contribution is 0.0690. The van der Waals surface area contributed by atoms with Gasteiger partial charge in [0.25, 0.3) is 0 Å². The minimum atomic E-state index is -1.10. The fourth-order valence-electron chi connectivity index (χ4n) is 1.65. The average Bonchev–Trinajstić information content (AvgIpc) is 2.72. The number of aromatic carboxylic acids is 1. The van der Waals surface area contributed by atoms with Gasteiger partial charge in [0.15, 0.2) is 11.3 Å². The molecule has 6 nitrogen and oxygen atoms in total. The molecule has 0 amide bonds. The fourth-order valence-corrected chi connectivity index (χ4v) is 1.65. The molecule has 0 aromatic carbocycles. The van der Waals surface area contributed by atoms with Crippen LogP contribution in [-0.2, 0) is 6.42 Å². The highest BCUT2D eigenvalue weighted by atomic mass is 16.4. The molecule has 0 fully saturated rings. The molecule has 0 saturated carbocycles. The number of hydrogen-bond donors (Lipinski definition) is 1. The highest BCUT2D eigenvalue weighted by Gasteiger charge is 2.14. The van der Waals surface area contributed by atoms with Crippen molar-refractivity contribution in [2.75, 3.05) is 0 Å². The highest BCUT2D eigenvalue weighted by Crippen LogP contribution is 2.13. The molecule has 86 valence electrons. The van der Waals surface area contributed by atoms with Gasteiger partial charge < -0.3 is 5.11 Å². The van der Waals surface area contributed by atoms with E-state index in [-0.39, 0.29) is 11.3 Å². The van der Waals surface area contributed by atoms with Crippen LogP contribution in [-0.4, -0.2) is 25.7 Å². The summed E-state index contributed by atoms with van der Waals surface area (Å²) < 4.78 is 1.52. The van der Waals surface area contributed by atoms with Crippen LogP contribution in [0.15, 0.2) is 12.3 Å². The summed E-state index contributed by atoms with van der Waals surface area (Å²) in [5, 5.41) is 21.9. The molecule has 1 N–H and O–H groups in total. The number of nitrogens with zero attached hydrogens (tertiary/aromatic N) is 4. The normalized spacial score (nSPS) is 10.4. The van der Waals surface area contributed by atoms with Gasteiger partial charge in [-0.15, -0.1) is 0 Å². The van der Waals surface area contributed by atoms with Crippen LogP contribution in [0.1, 0.15) is 35.1 Å². The molecular weight excluding hydrogens is 220 g/mol. The molecule has 0 atom stereocenters. The predicted molar refractivity (Wildman–Crippen MR) is 58.7 cm³/mol. The monoisotopic (exact) mass is 230 g/mol. The Morgan fingerprint density at radius 1 is 1.65 bits per heavy atom. The summed E-state index contributed by atoms with van der Waals surface area (Å²) in [4.78, 5) is 14.9. The van der Waals surface area contributed by atoms with Crippen LogP contribution in [0.3, 0.4) is 0 Å². The Hall–Kier alpha value is -2.42. The number of hydrogen-bond acceptors (Lipinski definition) is 4. The lowest BCUT2D eigenvalue weighted by Crippen LogP contribution is -2.07. The number of carboxylic acids is 1. The molecule has 0 spiro atoms. The molecule has 0 bridgehead atoms. The molecule has 0 aliphatic carbocycles. The maximum atomic E-state index is 10.9. The Balaban J connectivity index is 2.74. The van der Waals surface area contributed by atoms with Gasteiger partial charge in [-0.3, -0.25) is 0 Å². The first-order valence-corrected chi connectivity index (χ1v) is 5.18. The molecule has 6 heteroatoms. The van der Waals surface area contributed by atoms with Crippen LogP contribution in [0.25, 0.3) is 5.65 Å². The largest absolute Gasteiger partial charge is 0.477 e. The Bertz CT molecular complexity index is 624. The van der Waals surface area contributed by atoms with Gasteiger partial charge >= 0.3 is 5.97 Å². The van der Waals surface area contributed by atoms with Gasteiger partial charge in [0.2, 0.25) is 0 Å². The van der Waals surface area contributed by atoms with E-state index in [1.807, 2.05) is 13.0 Å². The topological polar surface area (TPSA) is 91.3 Å². The lowest BCUT2D eigenvalue weighted by Gasteiger charge is -2.04. The second-order valence-corrected chi connectivity index (χ2v) is 3.59. The second kappa shape index (κ2) is 4.22. The fraction of sp³-hybridized carbons (Fsp3) is 0.273. The molecule has 2 heterocycles. The molecule has 2 aromatic heterocycles. The maximum Gasteiger partial charge on any atom is 0.354 e. The third-order valence-electron chi connectivity index (χ3n) is 2.39. The molecule has 0 radical (unpaired) electrons. The van der Waals surface area contributed by atoms with E-state index in [1.165, 1.54) is 16.8 Å². The number of aromatic nitrogens is 3. The highest BCUT2D eigenvalue weighted by molar-refractivity contribution is 5.86. The second-order valence-electron chi connectivity index (χ2n) is 3.59. The van der Waals surface area contributed by atoms with E-state index in [1.54, 1.807) is 0 Å². The van der Waals surface area contributed by atoms with Crippen molar-refractivity contribution in [2.24, 2.45) is 0 Å². The molecule has 0 unspecified atom stereocenters. The van der Waals surface area contributed by atoms with Gasteiger partial charge in [0.1, 0.15) is 11.6 Å². The summed E-state index contributed by atoms with van der Waals surface area (Å²) in [7, 11) is 0. The van der Waals surface area contributed by atoms with Crippen molar-refractivity contribution in [3.8, 4) is 6.07 Å². The number of rotatable bonds is 3. The van der Waals surface area contributed by atoms with Crippen LogP contribution >= 0.6 is 0 Å². The van der Waals surface area contributed by atoms with Crippen molar-refractivity contribution in [3.05, 3.63) is 29.2 Å². The van der Waals surface area contributed by atoms with Crippen molar-refractivity contribution in [1.82, 2.24) is 14.6 Å². The first kappa shape index (κ1) is 11.1. The van der Waals surface area contributed by atoms with E-state index in [4.69, 9.17) is 10.4 Å². The minimum Gasteiger partial charge on any atom is -0.477 e. The van der Waals surface area contributed by atoms with Crippen molar-refractivity contribution in [2.45, 2.75) is 19.8 Å². The van der Waals surface area contributed by atoms with Crippen LogP contribution < -0.4 is 0 Å². The molecule has 0 aliphatic rings. The summed E-state index contributed by atoms with van der Waals surface area (Å²) in [6.07, 6.45) is 2.94. The van der Waals surface area contributed by atoms with Crippen molar-refractivity contribution >= 4 is 11.6 Å². The Morgan fingerprint density at radius 2 is 2.41 bits per heavy atom. The van der Waals surface area contributed by atoms with Crippen molar-refractivity contribution in [3.63, 3.8) is 0 Å². The summed E-state index contributed by atoms with van der Waals surface area (Å²) in [6, 6.07) is 3.44. The summed E-state index contributed by atoms with van der Waals surface area (Å²) in [6.45, 7) is 1.99. The molecule has 2 rings (SSSR count). The van der Waals surface area contributed by atoms with E-state index in [0.717, 1.165) is 12.1 Å². The van der Waals surface area contributed by atoms with E-state index >= 15 is 0 Å². The molecular formula is C11H10N4O2. The van der Waals surface area contributed by atoms with Crippen LogP contribution in [0.5, 0.6) is 0 Å². The standard InChI is InChI=1S/C11H10N4O2/c1-2-3-8-4-9(11(16)17)14-10-7(5-12)6-13-15(8)10/h4,6H,2-3H2,1H3,(H,16,17). The Labute approximate surface area is 97.1 Å². The van der Waals surface area contributed by atoms with E-state index in [2.05, 4.69) is 10.1 Å². The zero-order valence-electron chi connectivity index (χ0n) is 9.21. The predicted octanol–water partition coefficient (Wildman–Crippen LogP) is 1.25. The molecule has 17 heavy (non-hydrogen) atoms. The minimum absolute atomic E-state index is 0.0575. The van der Waals surface area contributed by atoms with E-state index in [0.29, 0.717) is 12.1 Å². The van der Waals surface area contributed by atoms with Crippen LogP contribution in [0.4, 0.5) is 0 Å². The van der Waals surface area contributed by atoms with Gasteiger partial charge in [-0.25, -0.2) is 14.3 Å². The number of carboxylic acid groups (broad SMARTS) is 1. The first-order valence-electron chi connectivity index (χ1n) is 5.18. The zero-order valence-corrected chi connectivity index (χ0v) is 9.21. The summed E-state index contributed by atoms with van der Waals surface area (Å²) >= 11 is 0.